The van der Waals surface area contributed by atoms with Crippen LogP contribution in [0.25, 0.3) is 10.9 Å². The maximum atomic E-state index is 13.2. The first kappa shape index (κ1) is 23.5. The summed E-state index contributed by atoms with van der Waals surface area (Å²) in [6, 6.07) is 24.6. The number of primary amides is 1. The van der Waals surface area contributed by atoms with Crippen LogP contribution in [0.15, 0.2) is 85.1 Å². The number of fused-ring (bicyclic) bond motifs is 1. The molecule has 0 atom stereocenters. The highest BCUT2D eigenvalue weighted by atomic mass is 16.5. The van der Waals surface area contributed by atoms with Crippen molar-refractivity contribution >= 4 is 22.7 Å². The van der Waals surface area contributed by atoms with Gasteiger partial charge in [0.05, 0.1) is 11.1 Å². The molecule has 1 aliphatic heterocycles. The smallest absolute Gasteiger partial charge is 0.253 e. The Bertz CT molecular complexity index is 1390. The van der Waals surface area contributed by atoms with E-state index in [9.17, 15) is 9.59 Å². The first-order valence-electron chi connectivity index (χ1n) is 12.0. The molecule has 2 amide bonds. The number of nitrogens with zero attached hydrogens (tertiary/aromatic N) is 3. The molecule has 4 aromatic rings. The Balaban J connectivity index is 1.19. The van der Waals surface area contributed by atoms with Gasteiger partial charge in [0, 0.05) is 49.9 Å². The zero-order valence-electron chi connectivity index (χ0n) is 20.0. The first-order chi connectivity index (χ1) is 17.6. The highest BCUT2D eigenvalue weighted by Gasteiger charge is 2.23. The number of carbonyl (C=O) groups is 2. The van der Waals surface area contributed by atoms with E-state index in [1.807, 2.05) is 41.4 Å². The third-order valence-electron chi connectivity index (χ3n) is 6.49. The highest BCUT2D eigenvalue weighted by Crippen LogP contribution is 2.21. The van der Waals surface area contributed by atoms with Crippen LogP contribution in [0.4, 0.5) is 0 Å². The molecule has 0 bridgehead atoms. The van der Waals surface area contributed by atoms with Crippen LogP contribution in [0.1, 0.15) is 31.8 Å². The average Bonchev–Trinajstić information content (AvgIpc) is 2.92. The number of rotatable bonds is 7. The third-order valence-corrected chi connectivity index (χ3v) is 6.49. The highest BCUT2D eigenvalue weighted by molar-refractivity contribution is 5.95. The molecule has 0 saturated carbocycles. The van der Waals surface area contributed by atoms with Crippen LogP contribution in [0, 0.1) is 0 Å². The number of aromatic nitrogens is 1. The Morgan fingerprint density at radius 1 is 0.889 bits per heavy atom. The van der Waals surface area contributed by atoms with E-state index in [0.29, 0.717) is 30.0 Å². The fourth-order valence-corrected chi connectivity index (χ4v) is 4.58. The molecule has 1 aromatic heterocycles. The SMILES string of the molecule is NC(=O)c1ccccc1OCc1cccc(C(=O)N2CCN(Cc3cccc4cccnc34)CC2)c1. The monoisotopic (exact) mass is 480 g/mol. The van der Waals surface area contributed by atoms with Gasteiger partial charge in [0.15, 0.2) is 0 Å². The molecule has 1 saturated heterocycles. The lowest BCUT2D eigenvalue weighted by atomic mass is 10.1. The summed E-state index contributed by atoms with van der Waals surface area (Å²) in [7, 11) is 0. The molecule has 2 N–H and O–H groups in total. The molecular weight excluding hydrogens is 452 g/mol. The number of para-hydroxylation sites is 2. The van der Waals surface area contributed by atoms with Gasteiger partial charge in [-0.15, -0.1) is 0 Å². The maximum Gasteiger partial charge on any atom is 0.253 e. The summed E-state index contributed by atoms with van der Waals surface area (Å²) < 4.78 is 5.83. The van der Waals surface area contributed by atoms with Crippen LogP contribution in [-0.4, -0.2) is 52.8 Å². The molecule has 7 heteroatoms. The second-order valence-corrected chi connectivity index (χ2v) is 8.91. The number of amides is 2. The Morgan fingerprint density at radius 3 is 2.50 bits per heavy atom. The summed E-state index contributed by atoms with van der Waals surface area (Å²) in [6.45, 7) is 4.01. The number of piperazine rings is 1. The van der Waals surface area contributed by atoms with Crippen molar-refractivity contribution < 1.29 is 14.3 Å². The Labute approximate surface area is 210 Å². The van der Waals surface area contributed by atoms with E-state index in [2.05, 4.69) is 34.1 Å². The molecule has 36 heavy (non-hydrogen) atoms. The summed E-state index contributed by atoms with van der Waals surface area (Å²) in [5.41, 5.74) is 9.49. The third kappa shape index (κ3) is 5.21. The van der Waals surface area contributed by atoms with Crippen LogP contribution in [0.5, 0.6) is 5.75 Å². The summed E-state index contributed by atoms with van der Waals surface area (Å²) in [6.07, 6.45) is 1.83. The van der Waals surface area contributed by atoms with Crippen molar-refractivity contribution in [1.29, 1.82) is 0 Å². The second-order valence-electron chi connectivity index (χ2n) is 8.91. The molecule has 3 aromatic carbocycles. The molecular formula is C29H28N4O3. The molecule has 1 fully saturated rings. The molecule has 7 nitrogen and oxygen atoms in total. The second kappa shape index (κ2) is 10.6. The van der Waals surface area contributed by atoms with E-state index in [4.69, 9.17) is 10.5 Å². The molecule has 0 spiro atoms. The summed E-state index contributed by atoms with van der Waals surface area (Å²) in [5, 5.41) is 1.14. The van der Waals surface area contributed by atoms with Gasteiger partial charge < -0.3 is 15.4 Å². The Hall–Kier alpha value is -4.23. The minimum atomic E-state index is -0.537. The van der Waals surface area contributed by atoms with Gasteiger partial charge in [-0.1, -0.05) is 48.5 Å². The lowest BCUT2D eigenvalue weighted by Crippen LogP contribution is -2.48. The minimum Gasteiger partial charge on any atom is -0.488 e. The molecule has 0 radical (unpaired) electrons. The van der Waals surface area contributed by atoms with Crippen molar-refractivity contribution in [2.45, 2.75) is 13.2 Å². The zero-order valence-corrected chi connectivity index (χ0v) is 20.0. The Kier molecular flexibility index (Phi) is 6.91. The van der Waals surface area contributed by atoms with Crippen molar-refractivity contribution in [2.75, 3.05) is 26.2 Å². The predicted octanol–water partition coefficient (Wildman–Crippen LogP) is 3.87. The van der Waals surface area contributed by atoms with E-state index < -0.39 is 5.91 Å². The van der Waals surface area contributed by atoms with Crippen molar-refractivity contribution in [3.63, 3.8) is 0 Å². The van der Waals surface area contributed by atoms with Gasteiger partial charge in [-0.05, 0) is 41.5 Å². The normalized spacial score (nSPS) is 14.1. The fourth-order valence-electron chi connectivity index (χ4n) is 4.58. The van der Waals surface area contributed by atoms with Gasteiger partial charge in [-0.3, -0.25) is 19.5 Å². The molecule has 0 aliphatic carbocycles. The van der Waals surface area contributed by atoms with Crippen molar-refractivity contribution in [3.05, 3.63) is 107 Å². The van der Waals surface area contributed by atoms with Crippen LogP contribution in [0.3, 0.4) is 0 Å². The van der Waals surface area contributed by atoms with E-state index in [1.54, 1.807) is 24.3 Å². The van der Waals surface area contributed by atoms with Gasteiger partial charge in [0.25, 0.3) is 11.8 Å². The molecule has 182 valence electrons. The fraction of sp³-hybridized carbons (Fsp3) is 0.207. The molecule has 2 heterocycles. The van der Waals surface area contributed by atoms with Crippen molar-refractivity contribution in [2.24, 2.45) is 5.73 Å². The number of carbonyl (C=O) groups excluding carboxylic acids is 2. The summed E-state index contributed by atoms with van der Waals surface area (Å²) in [5.74, 6) is -0.0921. The van der Waals surface area contributed by atoms with E-state index in [1.165, 1.54) is 5.56 Å². The summed E-state index contributed by atoms with van der Waals surface area (Å²) >= 11 is 0. The predicted molar refractivity (Wildman–Crippen MR) is 139 cm³/mol. The number of hydrogen-bond acceptors (Lipinski definition) is 5. The zero-order chi connectivity index (χ0) is 24.9. The summed E-state index contributed by atoms with van der Waals surface area (Å²) in [4.78, 5) is 33.7. The molecule has 0 unspecified atom stereocenters. The lowest BCUT2D eigenvalue weighted by Gasteiger charge is -2.35. The van der Waals surface area contributed by atoms with Gasteiger partial charge >= 0.3 is 0 Å². The van der Waals surface area contributed by atoms with E-state index in [0.717, 1.165) is 36.1 Å². The van der Waals surface area contributed by atoms with E-state index in [-0.39, 0.29) is 12.5 Å². The van der Waals surface area contributed by atoms with Crippen LogP contribution >= 0.6 is 0 Å². The largest absolute Gasteiger partial charge is 0.488 e. The number of benzene rings is 3. The lowest BCUT2D eigenvalue weighted by molar-refractivity contribution is 0.0628. The molecule has 5 rings (SSSR count). The number of ether oxygens (including phenoxy) is 1. The van der Waals surface area contributed by atoms with Crippen molar-refractivity contribution in [3.8, 4) is 5.75 Å². The van der Waals surface area contributed by atoms with Gasteiger partial charge in [0.1, 0.15) is 12.4 Å². The molecule has 1 aliphatic rings. The standard InChI is InChI=1S/C29H28N4O3/c30-28(34)25-11-1-2-12-26(25)36-20-21-6-3-8-23(18-21)29(35)33-16-14-32(15-17-33)19-24-9-4-7-22-10-5-13-31-27(22)24/h1-13,18H,14-17,19-20H2,(H2,30,34). The minimum absolute atomic E-state index is 0.0147. The van der Waals surface area contributed by atoms with Crippen LogP contribution in [-0.2, 0) is 13.2 Å². The number of pyridine rings is 1. The van der Waals surface area contributed by atoms with Gasteiger partial charge in [-0.2, -0.15) is 0 Å². The van der Waals surface area contributed by atoms with Crippen molar-refractivity contribution in [1.82, 2.24) is 14.8 Å². The topological polar surface area (TPSA) is 88.8 Å². The Morgan fingerprint density at radius 2 is 1.67 bits per heavy atom. The van der Waals surface area contributed by atoms with Crippen LogP contribution in [0.2, 0.25) is 0 Å². The maximum absolute atomic E-state index is 13.2. The van der Waals surface area contributed by atoms with Crippen LogP contribution < -0.4 is 10.5 Å². The average molecular weight is 481 g/mol. The first-order valence-corrected chi connectivity index (χ1v) is 12.0. The number of hydrogen-bond donors (Lipinski definition) is 1. The quantitative estimate of drug-likeness (QED) is 0.434. The van der Waals surface area contributed by atoms with Gasteiger partial charge in [-0.25, -0.2) is 0 Å². The van der Waals surface area contributed by atoms with E-state index >= 15 is 0 Å². The van der Waals surface area contributed by atoms with Gasteiger partial charge in [0.2, 0.25) is 0 Å². The number of nitrogens with two attached hydrogens (primary N) is 1.